The van der Waals surface area contributed by atoms with E-state index in [-0.39, 0.29) is 30.9 Å². The molecule has 2 aromatic rings. The van der Waals surface area contributed by atoms with E-state index >= 15 is 0 Å². The predicted octanol–water partition coefficient (Wildman–Crippen LogP) is 5.53. The Hall–Kier alpha value is -4.13. The van der Waals surface area contributed by atoms with Gasteiger partial charge in [0.2, 0.25) is 17.7 Å². The Morgan fingerprint density at radius 2 is 1.56 bits per heavy atom. The van der Waals surface area contributed by atoms with E-state index in [0.29, 0.717) is 18.6 Å². The lowest BCUT2D eigenvalue weighted by molar-refractivity contribution is -0.265. The number of nitrogens with one attached hydrogen (secondary N) is 1. The average Bonchev–Trinajstić information content (AvgIpc) is 3.12. The van der Waals surface area contributed by atoms with E-state index in [1.54, 1.807) is 83.1 Å². The van der Waals surface area contributed by atoms with Crippen LogP contribution in [0.2, 0.25) is 0 Å². The summed E-state index contributed by atoms with van der Waals surface area (Å²) in [6.45, 7) is 14.6. The van der Waals surface area contributed by atoms with Gasteiger partial charge in [0.15, 0.2) is 0 Å². The number of carbonyl (C=O) groups is 5. The Bertz CT molecular complexity index is 1810. The van der Waals surface area contributed by atoms with E-state index in [4.69, 9.17) is 18.9 Å². The van der Waals surface area contributed by atoms with Crippen LogP contribution in [-0.2, 0) is 33.3 Å². The van der Waals surface area contributed by atoms with Crippen LogP contribution in [0.4, 0.5) is 4.79 Å². The van der Waals surface area contributed by atoms with Crippen molar-refractivity contribution in [2.75, 3.05) is 6.61 Å². The van der Waals surface area contributed by atoms with Crippen molar-refractivity contribution in [3.05, 3.63) is 71.8 Å². The number of amides is 1. The van der Waals surface area contributed by atoms with Crippen molar-refractivity contribution < 1.29 is 53.1 Å². The van der Waals surface area contributed by atoms with Gasteiger partial charge in [0.1, 0.15) is 17.7 Å². The highest BCUT2D eigenvalue weighted by molar-refractivity contribution is 6.41. The number of rotatable bonds is 7. The lowest BCUT2D eigenvalue weighted by Gasteiger charge is -2.65. The van der Waals surface area contributed by atoms with E-state index in [0.717, 1.165) is 0 Å². The smallest absolute Gasteiger partial charge is 0.408 e. The van der Waals surface area contributed by atoms with Crippen LogP contribution in [0, 0.1) is 34.0 Å². The van der Waals surface area contributed by atoms with Crippen LogP contribution >= 0.6 is 0 Å². The van der Waals surface area contributed by atoms with Crippen LogP contribution in [0.25, 0.3) is 0 Å². The fourth-order valence-electron chi connectivity index (χ4n) is 10.0. The van der Waals surface area contributed by atoms with Gasteiger partial charge in [-0.2, -0.15) is 0 Å². The Morgan fingerprint density at radius 3 is 2.15 bits per heavy atom. The normalized spacial score (nSPS) is 36.9. The van der Waals surface area contributed by atoms with Gasteiger partial charge in [0, 0.05) is 35.5 Å². The van der Waals surface area contributed by atoms with Crippen molar-refractivity contribution in [1.82, 2.24) is 5.32 Å². The van der Waals surface area contributed by atoms with Gasteiger partial charge in [0.05, 0.1) is 35.4 Å². The second-order valence-corrected chi connectivity index (χ2v) is 18.2. The number of ether oxygens (including phenoxy) is 4. The first-order chi connectivity index (χ1) is 25.6. The van der Waals surface area contributed by atoms with Crippen molar-refractivity contribution in [2.45, 2.75) is 123 Å². The summed E-state index contributed by atoms with van der Waals surface area (Å²) in [7, 11) is 0. The number of fused-ring (bicyclic) bond motifs is 2. The predicted molar refractivity (Wildman–Crippen MR) is 199 cm³/mol. The van der Waals surface area contributed by atoms with E-state index in [9.17, 15) is 34.2 Å². The molecule has 3 saturated carbocycles. The molecule has 3 aliphatic carbocycles. The third-order valence-electron chi connectivity index (χ3n) is 13.1. The SMILES string of the molecule is CC1C(OC(=O)C(OC(=O)c2ccccc2)C(NC(=O)OC(C)(C)C)c2ccccc2)CC2(O)C(C)CC3(C)COC3CC(O)C3(C)CC2(C)C1C(=O)C3=O. The van der Waals surface area contributed by atoms with Crippen LogP contribution in [0.15, 0.2) is 60.7 Å². The van der Waals surface area contributed by atoms with Gasteiger partial charge in [-0.3, -0.25) is 9.59 Å². The molecule has 1 aliphatic heterocycles. The molecular formula is C43H55NO11. The zero-order chi connectivity index (χ0) is 40.3. The molecule has 1 saturated heterocycles. The fourth-order valence-corrected chi connectivity index (χ4v) is 10.0. The first-order valence-corrected chi connectivity index (χ1v) is 19.3. The molecule has 12 atom stereocenters. The first-order valence-electron chi connectivity index (χ1n) is 19.3. The molecule has 12 heteroatoms. The molecule has 12 nitrogen and oxygen atoms in total. The molecule has 4 aliphatic rings. The fraction of sp³-hybridized carbons (Fsp3) is 0.605. The van der Waals surface area contributed by atoms with Crippen LogP contribution in [0.1, 0.15) is 103 Å². The summed E-state index contributed by atoms with van der Waals surface area (Å²) in [5.74, 6) is -5.61. The molecule has 0 spiro atoms. The van der Waals surface area contributed by atoms with Crippen LogP contribution in [0.5, 0.6) is 0 Å². The number of hydrogen-bond donors (Lipinski definition) is 3. The van der Waals surface area contributed by atoms with Gasteiger partial charge in [-0.1, -0.05) is 76.2 Å². The highest BCUT2D eigenvalue weighted by Gasteiger charge is 2.71. The van der Waals surface area contributed by atoms with Crippen molar-refractivity contribution >= 4 is 29.6 Å². The second-order valence-electron chi connectivity index (χ2n) is 18.2. The Labute approximate surface area is 322 Å². The third-order valence-corrected chi connectivity index (χ3v) is 13.1. The maximum Gasteiger partial charge on any atom is 0.408 e. The van der Waals surface area contributed by atoms with Gasteiger partial charge in [-0.25, -0.2) is 14.4 Å². The monoisotopic (exact) mass is 761 g/mol. The molecule has 12 unspecified atom stereocenters. The number of esters is 2. The lowest BCUT2D eigenvalue weighted by Crippen LogP contribution is -2.72. The molecule has 0 aromatic heterocycles. The third kappa shape index (κ3) is 7.21. The maximum atomic E-state index is 14.7. The van der Waals surface area contributed by atoms with Crippen LogP contribution in [0.3, 0.4) is 0 Å². The standard InChI is InChI=1S/C43H55NO11/c1-24-20-40(6)23-52-30(40)19-29(45)41(7)22-42(8)31(33(46)35(41)47)25(2)28(21-43(24,42)51)53-37(49)34(54-36(48)27-17-13-10-14-18-27)32(26-15-11-9-12-16-26)44-38(50)55-39(3,4)5/h9-18,24-25,28-32,34,45,51H,19-23H2,1-8H3,(H,44,50). The van der Waals surface area contributed by atoms with E-state index < -0.39 is 99.2 Å². The highest BCUT2D eigenvalue weighted by Crippen LogP contribution is 2.64. The van der Waals surface area contributed by atoms with Gasteiger partial charge < -0.3 is 34.5 Å². The second kappa shape index (κ2) is 14.4. The Kier molecular flexibility index (Phi) is 10.6. The number of alkyl carbamates (subject to hydrolysis) is 1. The number of ketones is 2. The van der Waals surface area contributed by atoms with Crippen molar-refractivity contribution in [2.24, 2.45) is 34.0 Å². The Balaban J connectivity index is 1.40. The highest BCUT2D eigenvalue weighted by atomic mass is 16.6. The summed E-state index contributed by atoms with van der Waals surface area (Å²) in [4.78, 5) is 70.0. The molecule has 2 bridgehead atoms. The van der Waals surface area contributed by atoms with Gasteiger partial charge >= 0.3 is 18.0 Å². The minimum absolute atomic E-state index is 0.0406. The molecule has 6 rings (SSSR count). The Morgan fingerprint density at radius 1 is 0.945 bits per heavy atom. The quantitative estimate of drug-likeness (QED) is 0.184. The lowest BCUT2D eigenvalue weighted by atomic mass is 9.41. The molecule has 1 heterocycles. The van der Waals surface area contributed by atoms with Gasteiger partial charge in [-0.15, -0.1) is 0 Å². The summed E-state index contributed by atoms with van der Waals surface area (Å²) in [6.07, 6.45) is -4.68. The maximum absolute atomic E-state index is 14.7. The molecule has 2 aromatic carbocycles. The van der Waals surface area contributed by atoms with Gasteiger partial charge in [0.25, 0.3) is 0 Å². The first kappa shape index (κ1) is 40.5. The summed E-state index contributed by atoms with van der Waals surface area (Å²) in [5.41, 5.74) is -5.06. The number of hydrogen-bond acceptors (Lipinski definition) is 11. The summed E-state index contributed by atoms with van der Waals surface area (Å²) < 4.78 is 23.6. The molecule has 0 radical (unpaired) electrons. The summed E-state index contributed by atoms with van der Waals surface area (Å²) in [5, 5.41) is 27.4. The van der Waals surface area contributed by atoms with Crippen molar-refractivity contribution in [3.63, 3.8) is 0 Å². The van der Waals surface area contributed by atoms with Crippen molar-refractivity contribution in [3.8, 4) is 0 Å². The number of aliphatic hydroxyl groups excluding tert-OH is 1. The van der Waals surface area contributed by atoms with Crippen molar-refractivity contribution in [1.29, 1.82) is 0 Å². The van der Waals surface area contributed by atoms with E-state index in [1.165, 1.54) is 12.1 Å². The largest absolute Gasteiger partial charge is 0.459 e. The van der Waals surface area contributed by atoms with Crippen LogP contribution < -0.4 is 5.32 Å². The number of carbonyl (C=O) groups excluding carboxylic acids is 5. The van der Waals surface area contributed by atoms with Gasteiger partial charge in [-0.05, 0) is 64.2 Å². The zero-order valence-electron chi connectivity index (χ0n) is 33.0. The average molecular weight is 762 g/mol. The summed E-state index contributed by atoms with van der Waals surface area (Å²) in [6, 6.07) is 15.3. The molecule has 1 amide bonds. The zero-order valence-corrected chi connectivity index (χ0v) is 33.0. The van der Waals surface area contributed by atoms with E-state index in [2.05, 4.69) is 5.32 Å². The van der Waals surface area contributed by atoms with Crippen LogP contribution in [-0.4, -0.2) is 82.0 Å². The number of aliphatic hydroxyl groups is 2. The minimum atomic E-state index is -1.76. The molecule has 298 valence electrons. The topological polar surface area (TPSA) is 175 Å². The molecule has 55 heavy (non-hydrogen) atoms. The molecule has 4 fully saturated rings. The summed E-state index contributed by atoms with van der Waals surface area (Å²) >= 11 is 0. The number of Topliss-reactive ketones (excluding diaryl/α,β-unsaturated/α-hetero) is 2. The minimum Gasteiger partial charge on any atom is -0.459 e. The molecular weight excluding hydrogens is 706 g/mol. The molecule has 3 N–H and O–H groups in total. The van der Waals surface area contributed by atoms with E-state index in [1.807, 2.05) is 20.8 Å². The number of benzene rings is 2.